The molecule has 3 unspecified atom stereocenters. The minimum Gasteiger partial charge on any atom is -0.481 e. The number of aliphatic carboxylic acids is 1. The van der Waals surface area contributed by atoms with Crippen LogP contribution in [0.1, 0.15) is 64.7 Å². The van der Waals surface area contributed by atoms with Crippen molar-refractivity contribution >= 4 is 11.8 Å². The van der Waals surface area contributed by atoms with E-state index in [2.05, 4.69) is 6.92 Å². The second-order valence-electron chi connectivity index (χ2n) is 6.86. The molecule has 1 aliphatic rings. The van der Waals surface area contributed by atoms with Crippen molar-refractivity contribution in [3.05, 3.63) is 24.3 Å². The molecule has 0 bridgehead atoms. The van der Waals surface area contributed by atoms with E-state index in [0.29, 0.717) is 25.7 Å². The molecule has 0 spiro atoms. The summed E-state index contributed by atoms with van der Waals surface area (Å²) >= 11 is 0. The number of hydrogen-bond donors (Lipinski definition) is 3. The van der Waals surface area contributed by atoms with E-state index in [0.717, 1.165) is 19.3 Å². The normalized spacial score (nSPS) is 25.2. The molecule has 0 heterocycles. The lowest BCUT2D eigenvalue weighted by Gasteiger charge is -2.16. The van der Waals surface area contributed by atoms with Gasteiger partial charge in [0.2, 0.25) is 0 Å². The molecular weight excluding hydrogens is 320 g/mol. The van der Waals surface area contributed by atoms with Gasteiger partial charge in [0.15, 0.2) is 0 Å². The molecule has 1 saturated carbocycles. The van der Waals surface area contributed by atoms with Gasteiger partial charge in [-0.1, -0.05) is 50.5 Å². The summed E-state index contributed by atoms with van der Waals surface area (Å²) in [5.41, 5.74) is 0. The predicted molar refractivity (Wildman–Crippen MR) is 97.1 cm³/mol. The number of carbonyl (C=O) groups excluding carboxylic acids is 1. The number of ketones is 1. The summed E-state index contributed by atoms with van der Waals surface area (Å²) in [6, 6.07) is 0. The standard InChI is InChI=1S/C20H32O5/c1-2-3-6-9-15(21)12-13-17-16(18(22)14-19(17)23)10-7-4-5-8-11-20(24)25/h4,7,12-13,15-17,19,21,23H,2-3,5-6,8-11,14H2,1H3,(H,24,25)/b7-4+,13-12+/t15?,16?,17-,19?/m1/s1. The van der Waals surface area contributed by atoms with E-state index in [1.807, 2.05) is 12.2 Å². The van der Waals surface area contributed by atoms with Gasteiger partial charge in [0.25, 0.3) is 0 Å². The lowest BCUT2D eigenvalue weighted by atomic mass is 9.90. The number of allylic oxidation sites excluding steroid dienone is 2. The van der Waals surface area contributed by atoms with Crippen LogP contribution in [0.15, 0.2) is 24.3 Å². The lowest BCUT2D eigenvalue weighted by Crippen LogP contribution is -2.18. The maximum atomic E-state index is 12.1. The van der Waals surface area contributed by atoms with Crippen LogP contribution in [0.2, 0.25) is 0 Å². The molecule has 1 rings (SSSR count). The van der Waals surface area contributed by atoms with Crippen LogP contribution in [0.25, 0.3) is 0 Å². The summed E-state index contributed by atoms with van der Waals surface area (Å²) in [6.45, 7) is 2.11. The SMILES string of the molecule is CCCCCC(O)/C=C/[C@H]1C(O)CC(=O)C1C/C=C/CCCC(=O)O. The molecule has 1 fully saturated rings. The average molecular weight is 352 g/mol. The zero-order valence-corrected chi connectivity index (χ0v) is 15.1. The topological polar surface area (TPSA) is 94.8 Å². The maximum Gasteiger partial charge on any atom is 0.303 e. The molecule has 0 aromatic heterocycles. The summed E-state index contributed by atoms with van der Waals surface area (Å²) in [7, 11) is 0. The number of hydrogen-bond acceptors (Lipinski definition) is 4. The molecular formula is C20H32O5. The minimum absolute atomic E-state index is 0.0535. The second-order valence-corrected chi connectivity index (χ2v) is 6.86. The van der Waals surface area contributed by atoms with Gasteiger partial charge in [0, 0.05) is 24.7 Å². The molecule has 142 valence electrons. The van der Waals surface area contributed by atoms with Gasteiger partial charge in [-0.25, -0.2) is 0 Å². The van der Waals surface area contributed by atoms with Crippen molar-refractivity contribution in [1.29, 1.82) is 0 Å². The van der Waals surface area contributed by atoms with E-state index in [9.17, 15) is 19.8 Å². The molecule has 0 radical (unpaired) electrons. The zero-order valence-electron chi connectivity index (χ0n) is 15.1. The third-order valence-electron chi connectivity index (χ3n) is 4.71. The Morgan fingerprint density at radius 1 is 1.28 bits per heavy atom. The number of carboxylic acid groups (broad SMARTS) is 1. The van der Waals surface area contributed by atoms with Crippen LogP contribution in [0.3, 0.4) is 0 Å². The highest BCUT2D eigenvalue weighted by Gasteiger charge is 2.39. The lowest BCUT2D eigenvalue weighted by molar-refractivity contribution is -0.137. The summed E-state index contributed by atoms with van der Waals surface area (Å²) in [6.07, 6.45) is 12.1. The van der Waals surface area contributed by atoms with Crippen LogP contribution in [-0.4, -0.2) is 39.3 Å². The van der Waals surface area contributed by atoms with Gasteiger partial charge in [-0.3, -0.25) is 9.59 Å². The highest BCUT2D eigenvalue weighted by Crippen LogP contribution is 2.33. The van der Waals surface area contributed by atoms with Crippen LogP contribution in [0.5, 0.6) is 0 Å². The van der Waals surface area contributed by atoms with Gasteiger partial charge >= 0.3 is 5.97 Å². The molecule has 25 heavy (non-hydrogen) atoms. The Hall–Kier alpha value is -1.46. The van der Waals surface area contributed by atoms with Crippen molar-refractivity contribution in [2.75, 3.05) is 0 Å². The van der Waals surface area contributed by atoms with Crippen molar-refractivity contribution in [3.8, 4) is 0 Å². The van der Waals surface area contributed by atoms with Gasteiger partial charge in [-0.05, 0) is 25.7 Å². The third-order valence-corrected chi connectivity index (χ3v) is 4.71. The maximum absolute atomic E-state index is 12.1. The quantitative estimate of drug-likeness (QED) is 0.370. The Morgan fingerprint density at radius 3 is 2.72 bits per heavy atom. The molecule has 3 N–H and O–H groups in total. The van der Waals surface area contributed by atoms with Crippen molar-refractivity contribution in [2.45, 2.75) is 76.9 Å². The molecule has 0 aliphatic heterocycles. The van der Waals surface area contributed by atoms with Crippen LogP contribution in [0, 0.1) is 11.8 Å². The molecule has 0 saturated heterocycles. The van der Waals surface area contributed by atoms with E-state index in [4.69, 9.17) is 5.11 Å². The monoisotopic (exact) mass is 352 g/mol. The Morgan fingerprint density at radius 2 is 2.04 bits per heavy atom. The van der Waals surface area contributed by atoms with Crippen LogP contribution < -0.4 is 0 Å². The number of carboxylic acids is 1. The summed E-state index contributed by atoms with van der Waals surface area (Å²) in [4.78, 5) is 22.5. The van der Waals surface area contributed by atoms with Crippen molar-refractivity contribution in [1.82, 2.24) is 0 Å². The number of aliphatic hydroxyl groups is 2. The van der Waals surface area contributed by atoms with E-state index >= 15 is 0 Å². The van der Waals surface area contributed by atoms with Gasteiger partial charge in [-0.15, -0.1) is 0 Å². The van der Waals surface area contributed by atoms with Gasteiger partial charge in [0.1, 0.15) is 5.78 Å². The van der Waals surface area contributed by atoms with Crippen LogP contribution >= 0.6 is 0 Å². The number of aliphatic hydroxyl groups excluding tert-OH is 2. The van der Waals surface area contributed by atoms with Gasteiger partial charge < -0.3 is 15.3 Å². The second kappa shape index (κ2) is 12.0. The van der Waals surface area contributed by atoms with E-state index in [1.165, 1.54) is 0 Å². The molecule has 1 aliphatic carbocycles. The van der Waals surface area contributed by atoms with Crippen LogP contribution in [0.4, 0.5) is 0 Å². The Bertz CT molecular complexity index is 469. The Labute approximate surface area is 150 Å². The first-order valence-corrected chi connectivity index (χ1v) is 9.39. The van der Waals surface area contributed by atoms with Crippen molar-refractivity contribution in [2.24, 2.45) is 11.8 Å². The fourth-order valence-corrected chi connectivity index (χ4v) is 3.22. The molecule has 5 nitrogen and oxygen atoms in total. The fourth-order valence-electron chi connectivity index (χ4n) is 3.22. The summed E-state index contributed by atoms with van der Waals surface area (Å²) in [5, 5.41) is 28.7. The predicted octanol–water partition coefficient (Wildman–Crippen LogP) is 3.25. The van der Waals surface area contributed by atoms with Crippen molar-refractivity contribution < 1.29 is 24.9 Å². The molecule has 5 heteroatoms. The first-order chi connectivity index (χ1) is 12.0. The molecule has 0 aromatic rings. The smallest absolute Gasteiger partial charge is 0.303 e. The van der Waals surface area contributed by atoms with Gasteiger partial charge in [0.05, 0.1) is 12.2 Å². The zero-order chi connectivity index (χ0) is 18.7. The largest absolute Gasteiger partial charge is 0.481 e. The highest BCUT2D eigenvalue weighted by molar-refractivity contribution is 5.84. The number of rotatable bonds is 12. The van der Waals surface area contributed by atoms with E-state index in [-0.39, 0.29) is 30.5 Å². The number of unbranched alkanes of at least 4 members (excludes halogenated alkanes) is 3. The van der Waals surface area contributed by atoms with Gasteiger partial charge in [-0.2, -0.15) is 0 Å². The first-order valence-electron chi connectivity index (χ1n) is 9.39. The van der Waals surface area contributed by atoms with E-state index in [1.54, 1.807) is 12.2 Å². The summed E-state index contributed by atoms with van der Waals surface area (Å²) < 4.78 is 0. The number of Topliss-reactive ketones (excluding diaryl/α,β-unsaturated/α-hetero) is 1. The van der Waals surface area contributed by atoms with Crippen LogP contribution in [-0.2, 0) is 9.59 Å². The molecule has 4 atom stereocenters. The Kier molecular flexibility index (Phi) is 10.3. The number of carbonyl (C=O) groups is 2. The fraction of sp³-hybridized carbons (Fsp3) is 0.700. The van der Waals surface area contributed by atoms with E-state index < -0.39 is 18.2 Å². The Balaban J connectivity index is 2.48. The third kappa shape index (κ3) is 8.45. The van der Waals surface area contributed by atoms with Crippen molar-refractivity contribution in [3.63, 3.8) is 0 Å². The minimum atomic E-state index is -0.801. The molecule has 0 aromatic carbocycles. The summed E-state index contributed by atoms with van der Waals surface area (Å²) in [5.74, 6) is -1.26. The average Bonchev–Trinajstić information content (AvgIpc) is 2.82. The highest BCUT2D eigenvalue weighted by atomic mass is 16.4. The first kappa shape index (κ1) is 21.6. The molecule has 0 amide bonds.